The van der Waals surface area contributed by atoms with E-state index >= 15 is 0 Å². The molecule has 0 aliphatic rings. The van der Waals surface area contributed by atoms with Crippen molar-refractivity contribution >= 4 is 60.5 Å². The standard InChI is InChI=1S/C62H41NO/c1-5-19-42(20-6-1)49-30-17-31-50(43-21-7-2-8-22-43)61(49)63(47-37-35-44(36-38-47)51-32-18-33-56-54-28-15-16-34-58(54)64-62(51)56)48-39-40-53-52-27-13-14-29-55(52)59(45-23-9-3-10-24-45)60(57(53)41-48)46-25-11-4-12-26-46/h1-41H. The van der Waals surface area contributed by atoms with Crippen LogP contribution in [-0.2, 0) is 0 Å². The summed E-state index contributed by atoms with van der Waals surface area (Å²) in [5.41, 5.74) is 16.6. The summed E-state index contributed by atoms with van der Waals surface area (Å²) >= 11 is 0. The van der Waals surface area contributed by atoms with E-state index in [0.29, 0.717) is 0 Å². The number of para-hydroxylation sites is 3. The molecule has 2 heteroatoms. The quantitative estimate of drug-likeness (QED) is 0.142. The van der Waals surface area contributed by atoms with Crippen molar-refractivity contribution in [3.63, 3.8) is 0 Å². The largest absolute Gasteiger partial charge is 0.455 e. The Morgan fingerprint density at radius 1 is 0.266 bits per heavy atom. The second kappa shape index (κ2) is 15.8. The van der Waals surface area contributed by atoms with Gasteiger partial charge in [0.1, 0.15) is 11.2 Å². The number of nitrogens with zero attached hydrogens (tertiary/aromatic N) is 1. The first-order chi connectivity index (χ1) is 31.8. The lowest BCUT2D eigenvalue weighted by Crippen LogP contribution is -2.13. The molecular formula is C62H41NO. The zero-order valence-corrected chi connectivity index (χ0v) is 35.0. The second-order valence-electron chi connectivity index (χ2n) is 16.4. The van der Waals surface area contributed by atoms with Crippen molar-refractivity contribution in [3.05, 3.63) is 249 Å². The smallest absolute Gasteiger partial charge is 0.143 e. The summed E-state index contributed by atoms with van der Waals surface area (Å²) in [4.78, 5) is 2.47. The van der Waals surface area contributed by atoms with Gasteiger partial charge in [-0.05, 0) is 90.8 Å². The molecular weight excluding hydrogens is 775 g/mol. The van der Waals surface area contributed by atoms with Crippen molar-refractivity contribution < 1.29 is 4.42 Å². The fraction of sp³-hybridized carbons (Fsp3) is 0. The molecule has 0 atom stereocenters. The molecule has 0 bridgehead atoms. The Kier molecular flexibility index (Phi) is 9.20. The molecule has 0 aliphatic heterocycles. The van der Waals surface area contributed by atoms with Crippen molar-refractivity contribution in [1.29, 1.82) is 0 Å². The Bertz CT molecular complexity index is 3570. The summed E-state index contributed by atoms with van der Waals surface area (Å²) < 4.78 is 6.53. The van der Waals surface area contributed by atoms with Crippen LogP contribution in [0.25, 0.3) is 99.1 Å². The molecule has 0 saturated carbocycles. The van der Waals surface area contributed by atoms with Crippen LogP contribution in [0.4, 0.5) is 17.1 Å². The van der Waals surface area contributed by atoms with Crippen molar-refractivity contribution in [2.45, 2.75) is 0 Å². The van der Waals surface area contributed by atoms with Gasteiger partial charge in [0.05, 0.1) is 5.69 Å². The van der Waals surface area contributed by atoms with Gasteiger partial charge in [-0.15, -0.1) is 0 Å². The fourth-order valence-corrected chi connectivity index (χ4v) is 9.79. The highest BCUT2D eigenvalue weighted by Crippen LogP contribution is 2.50. The molecule has 0 N–H and O–H groups in total. The molecule has 12 aromatic rings. The molecule has 0 radical (unpaired) electrons. The zero-order valence-electron chi connectivity index (χ0n) is 35.0. The molecule has 1 aromatic heterocycles. The molecule has 0 spiro atoms. The number of fused-ring (bicyclic) bond motifs is 6. The lowest BCUT2D eigenvalue weighted by molar-refractivity contribution is 0.670. The first-order valence-corrected chi connectivity index (χ1v) is 21.9. The summed E-state index contributed by atoms with van der Waals surface area (Å²) in [7, 11) is 0. The third-order valence-electron chi connectivity index (χ3n) is 12.7. The lowest BCUT2D eigenvalue weighted by atomic mass is 9.84. The highest BCUT2D eigenvalue weighted by molar-refractivity contribution is 6.22. The van der Waals surface area contributed by atoms with E-state index in [0.717, 1.165) is 72.4 Å². The van der Waals surface area contributed by atoms with Gasteiger partial charge in [-0.25, -0.2) is 0 Å². The molecule has 1 heterocycles. The number of rotatable bonds is 8. The normalized spacial score (nSPS) is 11.4. The first-order valence-electron chi connectivity index (χ1n) is 21.9. The highest BCUT2D eigenvalue weighted by atomic mass is 16.3. The Morgan fingerprint density at radius 3 is 1.33 bits per heavy atom. The van der Waals surface area contributed by atoms with E-state index in [-0.39, 0.29) is 0 Å². The van der Waals surface area contributed by atoms with Gasteiger partial charge in [0.15, 0.2) is 0 Å². The van der Waals surface area contributed by atoms with Gasteiger partial charge < -0.3 is 9.32 Å². The van der Waals surface area contributed by atoms with E-state index in [1.807, 2.05) is 12.1 Å². The van der Waals surface area contributed by atoms with Crippen molar-refractivity contribution in [2.24, 2.45) is 0 Å². The summed E-state index contributed by atoms with van der Waals surface area (Å²) in [5, 5.41) is 7.12. The predicted molar refractivity (Wildman–Crippen MR) is 271 cm³/mol. The van der Waals surface area contributed by atoms with Gasteiger partial charge in [-0.2, -0.15) is 0 Å². The molecule has 0 unspecified atom stereocenters. The maximum Gasteiger partial charge on any atom is 0.143 e. The maximum absolute atomic E-state index is 6.53. The van der Waals surface area contributed by atoms with Crippen LogP contribution < -0.4 is 4.90 Å². The molecule has 0 amide bonds. The van der Waals surface area contributed by atoms with Crippen LogP contribution in [-0.4, -0.2) is 0 Å². The summed E-state index contributed by atoms with van der Waals surface area (Å²) in [5.74, 6) is 0. The summed E-state index contributed by atoms with van der Waals surface area (Å²) in [6, 6.07) is 89.8. The van der Waals surface area contributed by atoms with Gasteiger partial charge in [-0.1, -0.05) is 218 Å². The molecule has 0 aliphatic carbocycles. The van der Waals surface area contributed by atoms with E-state index in [9.17, 15) is 0 Å². The number of benzene rings is 11. The minimum Gasteiger partial charge on any atom is -0.455 e. The van der Waals surface area contributed by atoms with Crippen LogP contribution >= 0.6 is 0 Å². The monoisotopic (exact) mass is 815 g/mol. The Hall–Kier alpha value is -8.46. The van der Waals surface area contributed by atoms with Crippen molar-refractivity contribution in [2.75, 3.05) is 4.90 Å². The van der Waals surface area contributed by atoms with Crippen LogP contribution in [0.2, 0.25) is 0 Å². The van der Waals surface area contributed by atoms with E-state index in [1.165, 1.54) is 43.8 Å². The van der Waals surface area contributed by atoms with Gasteiger partial charge in [0.2, 0.25) is 0 Å². The van der Waals surface area contributed by atoms with E-state index in [4.69, 9.17) is 4.42 Å². The van der Waals surface area contributed by atoms with Crippen LogP contribution in [0.5, 0.6) is 0 Å². The van der Waals surface area contributed by atoms with Gasteiger partial charge in [0.25, 0.3) is 0 Å². The Morgan fingerprint density at radius 2 is 0.703 bits per heavy atom. The van der Waals surface area contributed by atoms with Crippen molar-refractivity contribution in [3.8, 4) is 55.6 Å². The SMILES string of the molecule is c1ccc(-c2cccc(-c3ccccc3)c2N(c2ccc(-c3cccc4c3oc3ccccc34)cc2)c2ccc3c(c2)c(-c2ccccc2)c(-c2ccccc2)c2ccccc23)cc1. The van der Waals surface area contributed by atoms with Crippen LogP contribution in [0, 0.1) is 0 Å². The minimum absolute atomic E-state index is 0.896. The fourth-order valence-electron chi connectivity index (χ4n) is 9.79. The molecule has 0 fully saturated rings. The molecule has 64 heavy (non-hydrogen) atoms. The van der Waals surface area contributed by atoms with E-state index < -0.39 is 0 Å². The number of hydrogen-bond acceptors (Lipinski definition) is 2. The first kappa shape index (κ1) is 37.3. The highest BCUT2D eigenvalue weighted by Gasteiger charge is 2.25. The number of hydrogen-bond donors (Lipinski definition) is 0. The maximum atomic E-state index is 6.53. The summed E-state index contributed by atoms with van der Waals surface area (Å²) in [6.45, 7) is 0. The second-order valence-corrected chi connectivity index (χ2v) is 16.4. The lowest BCUT2D eigenvalue weighted by Gasteiger charge is -2.31. The topological polar surface area (TPSA) is 16.4 Å². The third kappa shape index (κ3) is 6.35. The molecule has 300 valence electrons. The van der Waals surface area contributed by atoms with Gasteiger partial charge >= 0.3 is 0 Å². The third-order valence-corrected chi connectivity index (χ3v) is 12.7. The number of furan rings is 1. The van der Waals surface area contributed by atoms with E-state index in [1.54, 1.807) is 0 Å². The Labute approximate surface area is 372 Å². The zero-order chi connectivity index (χ0) is 42.4. The van der Waals surface area contributed by atoms with Crippen LogP contribution in [0.1, 0.15) is 0 Å². The molecule has 0 saturated heterocycles. The Balaban J connectivity index is 1.15. The molecule has 11 aromatic carbocycles. The average molecular weight is 816 g/mol. The van der Waals surface area contributed by atoms with Crippen LogP contribution in [0.15, 0.2) is 253 Å². The predicted octanol–water partition coefficient (Wildman–Crippen LogP) is 17.7. The van der Waals surface area contributed by atoms with Gasteiger partial charge in [-0.3, -0.25) is 0 Å². The van der Waals surface area contributed by atoms with Gasteiger partial charge in [0, 0.05) is 38.8 Å². The van der Waals surface area contributed by atoms with Crippen molar-refractivity contribution in [1.82, 2.24) is 0 Å². The number of anilines is 3. The van der Waals surface area contributed by atoms with E-state index in [2.05, 4.69) is 241 Å². The molecule has 12 rings (SSSR count). The average Bonchev–Trinajstić information content (AvgIpc) is 3.76. The minimum atomic E-state index is 0.896. The molecule has 2 nitrogen and oxygen atoms in total. The summed E-state index contributed by atoms with van der Waals surface area (Å²) in [6.07, 6.45) is 0. The van der Waals surface area contributed by atoms with Crippen LogP contribution in [0.3, 0.4) is 0 Å².